The van der Waals surface area contributed by atoms with Crippen LogP contribution in [0.2, 0.25) is 0 Å². The van der Waals surface area contributed by atoms with Gasteiger partial charge in [-0.05, 0) is 48.7 Å². The number of carbonyl (C=O) groups is 1. The van der Waals surface area contributed by atoms with E-state index in [1.54, 1.807) is 6.07 Å². The lowest BCUT2D eigenvalue weighted by Crippen LogP contribution is -2.27. The summed E-state index contributed by atoms with van der Waals surface area (Å²) in [6.07, 6.45) is 1.85. The highest BCUT2D eigenvalue weighted by molar-refractivity contribution is 5.69. The van der Waals surface area contributed by atoms with E-state index in [4.69, 9.17) is 15.3 Å². The molecule has 0 aliphatic heterocycles. The number of rotatable bonds is 8. The number of hydrogen-bond acceptors (Lipinski definition) is 5. The highest BCUT2D eigenvalue weighted by atomic mass is 16.5. The van der Waals surface area contributed by atoms with E-state index in [-0.39, 0.29) is 5.97 Å². The number of carbonyl (C=O) groups excluding carboxylic acids is 1. The molecule has 0 bridgehead atoms. The Kier molecular flexibility index (Phi) is 7.21. The van der Waals surface area contributed by atoms with Gasteiger partial charge in [-0.15, -0.1) is 0 Å². The monoisotopic (exact) mass is 347 g/mol. The van der Waals surface area contributed by atoms with Crippen molar-refractivity contribution in [3.63, 3.8) is 0 Å². The van der Waals surface area contributed by atoms with Crippen molar-refractivity contribution in [2.24, 2.45) is 0 Å². The largest absolute Gasteiger partial charge is 0.469 e. The Morgan fingerprint density at radius 2 is 1.77 bits per heavy atom. The highest BCUT2D eigenvalue weighted by Gasteiger charge is 2.09. The van der Waals surface area contributed by atoms with Crippen LogP contribution in [0, 0.1) is 22.7 Å². The van der Waals surface area contributed by atoms with Crippen LogP contribution in [-0.2, 0) is 16.0 Å². The van der Waals surface area contributed by atoms with Crippen molar-refractivity contribution >= 4 is 11.7 Å². The molecule has 2 rings (SSSR count). The first kappa shape index (κ1) is 19.0. The Morgan fingerprint density at radius 1 is 1.04 bits per heavy atom. The van der Waals surface area contributed by atoms with Crippen LogP contribution in [-0.4, -0.2) is 26.2 Å². The van der Waals surface area contributed by atoms with Gasteiger partial charge in [-0.1, -0.05) is 18.2 Å². The molecule has 0 heterocycles. The second-order valence-electron chi connectivity index (χ2n) is 5.89. The molecule has 5 nitrogen and oxygen atoms in total. The Hall–Kier alpha value is -3.31. The molecule has 132 valence electrons. The Labute approximate surface area is 154 Å². The summed E-state index contributed by atoms with van der Waals surface area (Å²) in [5, 5.41) is 18.0. The van der Waals surface area contributed by atoms with E-state index in [2.05, 4.69) is 17.0 Å². The summed E-state index contributed by atoms with van der Waals surface area (Å²) >= 11 is 0. The molecule has 0 amide bonds. The van der Waals surface area contributed by atoms with Gasteiger partial charge in [-0.25, -0.2) is 0 Å². The molecule has 2 aromatic carbocycles. The molecule has 0 saturated carbocycles. The maximum Gasteiger partial charge on any atom is 0.305 e. The van der Waals surface area contributed by atoms with Gasteiger partial charge in [0.2, 0.25) is 0 Å². The van der Waals surface area contributed by atoms with Gasteiger partial charge < -0.3 is 9.64 Å². The first-order valence-corrected chi connectivity index (χ1v) is 8.47. The molecule has 0 atom stereocenters. The Morgan fingerprint density at radius 3 is 2.42 bits per heavy atom. The van der Waals surface area contributed by atoms with Gasteiger partial charge in [-0.3, -0.25) is 4.79 Å². The second-order valence-corrected chi connectivity index (χ2v) is 5.89. The first-order valence-electron chi connectivity index (χ1n) is 8.47. The second kappa shape index (κ2) is 9.86. The number of methoxy groups -OCH3 is 1. The minimum Gasteiger partial charge on any atom is -0.469 e. The molecule has 0 fully saturated rings. The van der Waals surface area contributed by atoms with Gasteiger partial charge >= 0.3 is 5.97 Å². The maximum atomic E-state index is 11.4. The summed E-state index contributed by atoms with van der Waals surface area (Å²) in [6, 6.07) is 19.3. The third kappa shape index (κ3) is 5.65. The summed E-state index contributed by atoms with van der Waals surface area (Å²) in [5.41, 5.74) is 3.35. The molecular weight excluding hydrogens is 326 g/mol. The van der Waals surface area contributed by atoms with E-state index >= 15 is 0 Å². The van der Waals surface area contributed by atoms with E-state index in [9.17, 15) is 4.79 Å². The molecular formula is C21H21N3O2. The number of nitrogens with zero attached hydrogens (tertiary/aromatic N) is 3. The fourth-order valence-electron chi connectivity index (χ4n) is 2.67. The third-order valence-corrected chi connectivity index (χ3v) is 4.13. The van der Waals surface area contributed by atoms with Gasteiger partial charge in [0.25, 0.3) is 0 Å². The van der Waals surface area contributed by atoms with Crippen molar-refractivity contribution in [3.05, 3.63) is 65.2 Å². The van der Waals surface area contributed by atoms with Crippen molar-refractivity contribution in [2.75, 3.05) is 25.1 Å². The summed E-state index contributed by atoms with van der Waals surface area (Å²) < 4.78 is 4.70. The normalized spacial score (nSPS) is 9.81. The Balaban J connectivity index is 2.07. The van der Waals surface area contributed by atoms with E-state index in [1.807, 2.05) is 42.5 Å². The van der Waals surface area contributed by atoms with Gasteiger partial charge in [0.05, 0.1) is 30.4 Å². The van der Waals surface area contributed by atoms with Crippen LogP contribution in [0.25, 0.3) is 0 Å². The van der Waals surface area contributed by atoms with Crippen molar-refractivity contribution in [2.45, 2.75) is 19.3 Å². The fraction of sp³-hybridized carbons (Fsp3) is 0.286. The quantitative estimate of drug-likeness (QED) is 0.684. The number of esters is 1. The average Bonchev–Trinajstić information content (AvgIpc) is 2.70. The molecule has 5 heteroatoms. The lowest BCUT2D eigenvalue weighted by molar-refractivity contribution is -0.140. The van der Waals surface area contributed by atoms with Gasteiger partial charge in [0, 0.05) is 25.2 Å². The van der Waals surface area contributed by atoms with Crippen LogP contribution in [0.1, 0.15) is 29.5 Å². The fourth-order valence-corrected chi connectivity index (χ4v) is 2.67. The minimum absolute atomic E-state index is 0.220. The smallest absolute Gasteiger partial charge is 0.305 e. The predicted molar refractivity (Wildman–Crippen MR) is 99.5 cm³/mol. The number of hydrogen-bond donors (Lipinski definition) is 0. The van der Waals surface area contributed by atoms with Gasteiger partial charge in [0.1, 0.15) is 0 Å². The van der Waals surface area contributed by atoms with Crippen LogP contribution in [0.5, 0.6) is 0 Å². The molecule has 0 aliphatic carbocycles. The van der Waals surface area contributed by atoms with Crippen LogP contribution in [0.4, 0.5) is 5.69 Å². The lowest BCUT2D eigenvalue weighted by Gasteiger charge is -2.25. The van der Waals surface area contributed by atoms with Crippen molar-refractivity contribution in [3.8, 4) is 12.1 Å². The van der Waals surface area contributed by atoms with E-state index < -0.39 is 0 Å². The molecule has 2 aromatic rings. The number of ether oxygens (including phenoxy) is 1. The number of nitriles is 2. The molecule has 0 unspecified atom stereocenters. The zero-order chi connectivity index (χ0) is 18.8. The van der Waals surface area contributed by atoms with E-state index in [1.165, 1.54) is 7.11 Å². The molecule has 0 N–H and O–H groups in total. The predicted octanol–water partition coefficient (Wildman–Crippen LogP) is 3.43. The molecule has 0 aliphatic rings. The molecule has 0 saturated heterocycles. The summed E-state index contributed by atoms with van der Waals surface area (Å²) in [4.78, 5) is 13.5. The highest BCUT2D eigenvalue weighted by Crippen LogP contribution is 2.18. The summed E-state index contributed by atoms with van der Waals surface area (Å²) in [7, 11) is 1.39. The van der Waals surface area contributed by atoms with Crippen molar-refractivity contribution in [1.82, 2.24) is 0 Å². The van der Waals surface area contributed by atoms with Crippen LogP contribution in [0.3, 0.4) is 0 Å². The first-order chi connectivity index (χ1) is 12.7. The van der Waals surface area contributed by atoms with E-state index in [0.717, 1.165) is 24.2 Å². The topological polar surface area (TPSA) is 77.1 Å². The molecule has 0 radical (unpaired) electrons. The maximum absolute atomic E-state index is 11.4. The van der Waals surface area contributed by atoms with Crippen LogP contribution >= 0.6 is 0 Å². The SMILES string of the molecule is COC(=O)CCCN(CCc1ccc(C#N)cc1)c1cccc(C#N)c1. The van der Waals surface area contributed by atoms with Crippen molar-refractivity contribution in [1.29, 1.82) is 10.5 Å². The molecule has 0 aromatic heterocycles. The van der Waals surface area contributed by atoms with Gasteiger partial charge in [0.15, 0.2) is 0 Å². The number of anilines is 1. The summed E-state index contributed by atoms with van der Waals surface area (Å²) in [5.74, 6) is -0.220. The number of benzene rings is 2. The standard InChI is InChI=1S/C21H21N3O2/c1-26-21(25)6-3-12-24(20-5-2-4-19(14-20)16-23)13-11-17-7-9-18(15-22)10-8-17/h2,4-5,7-10,14H,3,6,11-13H2,1H3. The summed E-state index contributed by atoms with van der Waals surface area (Å²) in [6.45, 7) is 1.45. The van der Waals surface area contributed by atoms with Crippen LogP contribution in [0.15, 0.2) is 48.5 Å². The van der Waals surface area contributed by atoms with E-state index in [0.29, 0.717) is 30.5 Å². The zero-order valence-electron chi connectivity index (χ0n) is 14.8. The minimum atomic E-state index is -0.220. The third-order valence-electron chi connectivity index (χ3n) is 4.13. The lowest BCUT2D eigenvalue weighted by atomic mass is 10.1. The molecule has 26 heavy (non-hydrogen) atoms. The van der Waals surface area contributed by atoms with Crippen LogP contribution < -0.4 is 4.90 Å². The molecule has 0 spiro atoms. The Bertz CT molecular complexity index is 816. The van der Waals surface area contributed by atoms with Gasteiger partial charge in [-0.2, -0.15) is 10.5 Å². The zero-order valence-corrected chi connectivity index (χ0v) is 14.8. The van der Waals surface area contributed by atoms with Crippen molar-refractivity contribution < 1.29 is 9.53 Å². The average molecular weight is 347 g/mol.